The van der Waals surface area contributed by atoms with Crippen LogP contribution in [0.3, 0.4) is 0 Å². The predicted molar refractivity (Wildman–Crippen MR) is 79.7 cm³/mol. The molecule has 0 saturated carbocycles. The van der Waals surface area contributed by atoms with Crippen LogP contribution in [0, 0.1) is 13.8 Å². The zero-order valence-corrected chi connectivity index (χ0v) is 12.7. The van der Waals surface area contributed by atoms with Crippen LogP contribution in [-0.2, 0) is 5.88 Å². The van der Waals surface area contributed by atoms with E-state index in [1.165, 1.54) is 5.56 Å². The summed E-state index contributed by atoms with van der Waals surface area (Å²) in [5, 5.41) is 0. The van der Waals surface area contributed by atoms with E-state index >= 15 is 0 Å². The Bertz CT molecular complexity index is 566. The van der Waals surface area contributed by atoms with E-state index in [1.807, 2.05) is 30.3 Å². The Morgan fingerprint density at radius 2 is 1.89 bits per heavy atom. The number of alkyl halides is 1. The number of rotatable bonds is 3. The molecular weight excluding hydrogens is 312 g/mol. The number of ether oxygens (including phenoxy) is 1. The fraction of sp³-hybridized carbons (Fsp3) is 0.200. The molecule has 0 aliphatic heterocycles. The van der Waals surface area contributed by atoms with E-state index in [9.17, 15) is 0 Å². The van der Waals surface area contributed by atoms with Gasteiger partial charge in [0.05, 0.1) is 5.88 Å². The molecule has 0 heterocycles. The van der Waals surface area contributed by atoms with Crippen molar-refractivity contribution in [2.45, 2.75) is 19.7 Å². The SMILES string of the molecule is Cc1cccc(Oc2ccc(Br)cc2CCl)c1C. The van der Waals surface area contributed by atoms with Crippen LogP contribution in [0.2, 0.25) is 0 Å². The third kappa shape index (κ3) is 2.88. The van der Waals surface area contributed by atoms with Crippen molar-refractivity contribution in [1.29, 1.82) is 0 Å². The highest BCUT2D eigenvalue weighted by atomic mass is 79.9. The summed E-state index contributed by atoms with van der Waals surface area (Å²) < 4.78 is 6.97. The van der Waals surface area contributed by atoms with Crippen LogP contribution in [0.25, 0.3) is 0 Å². The van der Waals surface area contributed by atoms with Gasteiger partial charge in [-0.3, -0.25) is 0 Å². The molecule has 0 unspecified atom stereocenters. The average molecular weight is 326 g/mol. The Morgan fingerprint density at radius 3 is 2.61 bits per heavy atom. The van der Waals surface area contributed by atoms with Crippen molar-refractivity contribution in [2.24, 2.45) is 0 Å². The van der Waals surface area contributed by atoms with E-state index in [1.54, 1.807) is 0 Å². The second-order valence-electron chi connectivity index (χ2n) is 4.19. The lowest BCUT2D eigenvalue weighted by Gasteiger charge is -2.13. The first kappa shape index (κ1) is 13.4. The average Bonchev–Trinajstić information content (AvgIpc) is 2.37. The van der Waals surface area contributed by atoms with Gasteiger partial charge in [-0.25, -0.2) is 0 Å². The minimum atomic E-state index is 0.430. The Morgan fingerprint density at radius 1 is 1.11 bits per heavy atom. The van der Waals surface area contributed by atoms with Crippen molar-refractivity contribution < 1.29 is 4.74 Å². The molecule has 0 fully saturated rings. The maximum absolute atomic E-state index is 5.96. The molecule has 18 heavy (non-hydrogen) atoms. The molecule has 0 saturated heterocycles. The van der Waals surface area contributed by atoms with Gasteiger partial charge in [-0.2, -0.15) is 0 Å². The van der Waals surface area contributed by atoms with E-state index in [4.69, 9.17) is 16.3 Å². The molecule has 0 aromatic heterocycles. The van der Waals surface area contributed by atoms with Gasteiger partial charge in [0.25, 0.3) is 0 Å². The van der Waals surface area contributed by atoms with Crippen LogP contribution < -0.4 is 4.74 Å². The van der Waals surface area contributed by atoms with Gasteiger partial charge in [-0.1, -0.05) is 28.1 Å². The second kappa shape index (κ2) is 5.77. The van der Waals surface area contributed by atoms with Gasteiger partial charge in [0.15, 0.2) is 0 Å². The fourth-order valence-electron chi connectivity index (χ4n) is 1.71. The van der Waals surface area contributed by atoms with Crippen molar-refractivity contribution in [1.82, 2.24) is 0 Å². The molecule has 2 aromatic rings. The molecule has 0 aliphatic carbocycles. The van der Waals surface area contributed by atoms with Crippen LogP contribution in [0.5, 0.6) is 11.5 Å². The summed E-state index contributed by atoms with van der Waals surface area (Å²) in [6, 6.07) is 11.9. The zero-order valence-electron chi connectivity index (χ0n) is 10.3. The van der Waals surface area contributed by atoms with Gasteiger partial charge >= 0.3 is 0 Å². The number of hydrogen-bond donors (Lipinski definition) is 0. The molecule has 2 aromatic carbocycles. The number of halogens is 2. The number of hydrogen-bond acceptors (Lipinski definition) is 1. The first-order chi connectivity index (χ1) is 8.61. The third-order valence-electron chi connectivity index (χ3n) is 2.94. The van der Waals surface area contributed by atoms with E-state index < -0.39 is 0 Å². The third-order valence-corrected chi connectivity index (χ3v) is 3.72. The molecule has 0 N–H and O–H groups in total. The van der Waals surface area contributed by atoms with Gasteiger partial charge in [-0.15, -0.1) is 11.6 Å². The summed E-state index contributed by atoms with van der Waals surface area (Å²) in [5.74, 6) is 2.12. The van der Waals surface area contributed by atoms with E-state index in [2.05, 4.69) is 35.8 Å². The fourth-order valence-corrected chi connectivity index (χ4v) is 2.32. The highest BCUT2D eigenvalue weighted by molar-refractivity contribution is 9.10. The zero-order chi connectivity index (χ0) is 13.1. The van der Waals surface area contributed by atoms with Crippen molar-refractivity contribution in [2.75, 3.05) is 0 Å². The molecule has 3 heteroatoms. The van der Waals surface area contributed by atoms with E-state index in [-0.39, 0.29) is 0 Å². The van der Waals surface area contributed by atoms with Gasteiger partial charge in [0.1, 0.15) is 11.5 Å². The molecule has 1 nitrogen and oxygen atoms in total. The predicted octanol–water partition coefficient (Wildman–Crippen LogP) is 5.60. The first-order valence-corrected chi connectivity index (χ1v) is 7.03. The molecule has 2 rings (SSSR count). The largest absolute Gasteiger partial charge is 0.457 e. The second-order valence-corrected chi connectivity index (χ2v) is 5.37. The summed E-state index contributed by atoms with van der Waals surface area (Å²) in [4.78, 5) is 0. The smallest absolute Gasteiger partial charge is 0.131 e. The molecule has 0 bridgehead atoms. The van der Waals surface area contributed by atoms with Gasteiger partial charge in [0, 0.05) is 10.0 Å². The van der Waals surface area contributed by atoms with Gasteiger partial charge in [0.2, 0.25) is 0 Å². The highest BCUT2D eigenvalue weighted by Crippen LogP contribution is 2.31. The van der Waals surface area contributed by atoms with Crippen LogP contribution in [-0.4, -0.2) is 0 Å². The lowest BCUT2D eigenvalue weighted by atomic mass is 10.1. The maximum Gasteiger partial charge on any atom is 0.131 e. The summed E-state index contributed by atoms with van der Waals surface area (Å²) in [5.41, 5.74) is 3.35. The number of aryl methyl sites for hydroxylation is 1. The van der Waals surface area contributed by atoms with E-state index in [0.29, 0.717) is 5.88 Å². The summed E-state index contributed by atoms with van der Waals surface area (Å²) in [7, 11) is 0. The molecule has 0 aliphatic rings. The topological polar surface area (TPSA) is 9.23 Å². The Labute approximate surface area is 121 Å². The quantitative estimate of drug-likeness (QED) is 0.668. The molecule has 0 atom stereocenters. The highest BCUT2D eigenvalue weighted by Gasteiger charge is 2.07. The monoisotopic (exact) mass is 324 g/mol. The first-order valence-electron chi connectivity index (χ1n) is 5.70. The molecular formula is C15H14BrClO. The summed E-state index contributed by atoms with van der Waals surface area (Å²) in [6.07, 6.45) is 0. The molecule has 0 radical (unpaired) electrons. The Balaban J connectivity index is 2.37. The van der Waals surface area contributed by atoms with Crippen LogP contribution in [0.4, 0.5) is 0 Å². The van der Waals surface area contributed by atoms with Crippen LogP contribution >= 0.6 is 27.5 Å². The molecule has 94 valence electrons. The normalized spacial score (nSPS) is 10.4. The molecule has 0 spiro atoms. The number of benzene rings is 2. The molecule has 0 amide bonds. The Kier molecular flexibility index (Phi) is 4.31. The maximum atomic E-state index is 5.96. The summed E-state index contributed by atoms with van der Waals surface area (Å²) in [6.45, 7) is 4.14. The van der Waals surface area contributed by atoms with E-state index in [0.717, 1.165) is 27.1 Å². The van der Waals surface area contributed by atoms with Crippen molar-refractivity contribution in [3.05, 3.63) is 57.6 Å². The minimum Gasteiger partial charge on any atom is -0.457 e. The van der Waals surface area contributed by atoms with Crippen molar-refractivity contribution in [3.63, 3.8) is 0 Å². The summed E-state index contributed by atoms with van der Waals surface area (Å²) >= 11 is 9.37. The van der Waals surface area contributed by atoms with Gasteiger partial charge < -0.3 is 4.74 Å². The van der Waals surface area contributed by atoms with Crippen LogP contribution in [0.1, 0.15) is 16.7 Å². The van der Waals surface area contributed by atoms with Crippen molar-refractivity contribution in [3.8, 4) is 11.5 Å². The Hall–Kier alpha value is -0.990. The lowest BCUT2D eigenvalue weighted by molar-refractivity contribution is 0.474. The minimum absolute atomic E-state index is 0.430. The van der Waals surface area contributed by atoms with Gasteiger partial charge in [-0.05, 0) is 49.2 Å². The standard InChI is InChI=1S/C15H14BrClO/c1-10-4-3-5-14(11(10)2)18-15-7-6-13(16)8-12(15)9-17/h3-8H,9H2,1-2H3. The van der Waals surface area contributed by atoms with Crippen molar-refractivity contribution >= 4 is 27.5 Å². The lowest BCUT2D eigenvalue weighted by Crippen LogP contribution is -1.93. The van der Waals surface area contributed by atoms with Crippen LogP contribution in [0.15, 0.2) is 40.9 Å².